The van der Waals surface area contributed by atoms with Crippen LogP contribution in [0.5, 0.6) is 0 Å². The van der Waals surface area contributed by atoms with Gasteiger partial charge in [0.1, 0.15) is 12.2 Å². The average Bonchev–Trinajstić information content (AvgIpc) is 2.88. The highest BCUT2D eigenvalue weighted by atomic mass is 16.3. The lowest BCUT2D eigenvalue weighted by molar-refractivity contribution is 0.0978. The maximum absolute atomic E-state index is 12.2. The maximum Gasteiger partial charge on any atom is 0.187 e. The van der Waals surface area contributed by atoms with E-state index < -0.39 is 5.92 Å². The van der Waals surface area contributed by atoms with E-state index in [1.165, 1.54) is 12.5 Å². The monoisotopic (exact) mass is 239 g/mol. The molecule has 0 saturated heterocycles. The highest BCUT2D eigenvalue weighted by Gasteiger charge is 2.22. The molecular weight excluding hydrogens is 226 g/mol. The van der Waals surface area contributed by atoms with Gasteiger partial charge in [-0.1, -0.05) is 18.2 Å². The molecule has 2 aromatic rings. The molecule has 1 aromatic carbocycles. The van der Waals surface area contributed by atoms with Crippen molar-refractivity contribution in [2.75, 3.05) is 0 Å². The van der Waals surface area contributed by atoms with Crippen LogP contribution in [0.1, 0.15) is 33.0 Å². The summed E-state index contributed by atoms with van der Waals surface area (Å²) in [5.74, 6) is -1.00. The molecule has 0 fully saturated rings. The first kappa shape index (κ1) is 12.1. The van der Waals surface area contributed by atoms with E-state index in [1.54, 1.807) is 6.07 Å². The van der Waals surface area contributed by atoms with Crippen LogP contribution in [0.4, 0.5) is 0 Å². The van der Waals surface area contributed by atoms with Crippen molar-refractivity contribution in [3.05, 3.63) is 59.0 Å². The van der Waals surface area contributed by atoms with Gasteiger partial charge in [-0.2, -0.15) is 5.26 Å². The van der Waals surface area contributed by atoms with Crippen molar-refractivity contribution in [1.29, 1.82) is 5.26 Å². The topological polar surface area (TPSA) is 54.0 Å². The highest BCUT2D eigenvalue weighted by Crippen LogP contribution is 2.22. The van der Waals surface area contributed by atoms with Crippen molar-refractivity contribution in [1.82, 2.24) is 0 Å². The number of hydrogen-bond acceptors (Lipinski definition) is 3. The van der Waals surface area contributed by atoms with Crippen molar-refractivity contribution in [3.63, 3.8) is 0 Å². The van der Waals surface area contributed by atoms with E-state index in [9.17, 15) is 10.1 Å². The lowest BCUT2D eigenvalue weighted by Gasteiger charge is -2.09. The third-order valence-electron chi connectivity index (χ3n) is 3.06. The number of rotatable bonds is 3. The molecule has 1 heterocycles. The summed E-state index contributed by atoms with van der Waals surface area (Å²) >= 11 is 0. The molecule has 0 aliphatic rings. The van der Waals surface area contributed by atoms with Crippen molar-refractivity contribution >= 4 is 5.78 Å². The predicted octanol–water partition coefficient (Wildman–Crippen LogP) is 3.39. The lowest BCUT2D eigenvalue weighted by atomic mass is 9.91. The van der Waals surface area contributed by atoms with E-state index in [4.69, 9.17) is 4.42 Å². The van der Waals surface area contributed by atoms with Crippen molar-refractivity contribution in [2.24, 2.45) is 0 Å². The summed E-state index contributed by atoms with van der Waals surface area (Å²) in [6.07, 6.45) is 2.80. The SMILES string of the molecule is Cc1ccc(C(C#N)C(=O)c2ccoc2)cc1C. The number of benzene rings is 1. The largest absolute Gasteiger partial charge is 0.472 e. The van der Waals surface area contributed by atoms with Gasteiger partial charge in [0.15, 0.2) is 5.78 Å². The normalized spacial score (nSPS) is 11.8. The number of furan rings is 1. The molecule has 3 heteroatoms. The molecule has 0 saturated carbocycles. The van der Waals surface area contributed by atoms with Gasteiger partial charge in [0.05, 0.1) is 17.9 Å². The molecule has 0 N–H and O–H groups in total. The Hall–Kier alpha value is -2.34. The Kier molecular flexibility index (Phi) is 3.29. The minimum atomic E-state index is -0.776. The smallest absolute Gasteiger partial charge is 0.187 e. The van der Waals surface area contributed by atoms with Crippen molar-refractivity contribution in [2.45, 2.75) is 19.8 Å². The van der Waals surface area contributed by atoms with Gasteiger partial charge in [0.2, 0.25) is 0 Å². The van der Waals surface area contributed by atoms with Crippen LogP contribution in [0.15, 0.2) is 41.2 Å². The fourth-order valence-corrected chi connectivity index (χ4v) is 1.80. The number of carbonyl (C=O) groups excluding carboxylic acids is 1. The van der Waals surface area contributed by atoms with Gasteiger partial charge in [0, 0.05) is 0 Å². The summed E-state index contributed by atoms with van der Waals surface area (Å²) in [6, 6.07) is 9.28. The summed E-state index contributed by atoms with van der Waals surface area (Å²) in [5.41, 5.74) is 3.38. The average molecular weight is 239 g/mol. The zero-order valence-corrected chi connectivity index (χ0v) is 10.3. The van der Waals surface area contributed by atoms with Crippen LogP contribution < -0.4 is 0 Å². The molecule has 0 radical (unpaired) electrons. The van der Waals surface area contributed by atoms with Gasteiger partial charge < -0.3 is 4.42 Å². The minimum Gasteiger partial charge on any atom is -0.472 e. The molecule has 1 unspecified atom stereocenters. The highest BCUT2D eigenvalue weighted by molar-refractivity contribution is 6.02. The van der Waals surface area contributed by atoms with E-state index in [-0.39, 0.29) is 5.78 Å². The Bertz CT molecular complexity index is 606. The van der Waals surface area contributed by atoms with Gasteiger partial charge in [-0.05, 0) is 36.6 Å². The zero-order valence-electron chi connectivity index (χ0n) is 10.3. The molecule has 0 aliphatic carbocycles. The molecule has 0 amide bonds. The van der Waals surface area contributed by atoms with Crippen LogP contribution in [0.2, 0.25) is 0 Å². The number of aryl methyl sites for hydroxylation is 2. The molecule has 0 spiro atoms. The molecule has 0 bridgehead atoms. The minimum absolute atomic E-state index is 0.227. The predicted molar refractivity (Wildman–Crippen MR) is 67.3 cm³/mol. The number of Topliss-reactive ketones (excluding diaryl/α,β-unsaturated/α-hetero) is 1. The molecule has 0 aliphatic heterocycles. The fourth-order valence-electron chi connectivity index (χ4n) is 1.80. The first-order chi connectivity index (χ1) is 8.63. The van der Waals surface area contributed by atoms with Crippen molar-refractivity contribution in [3.8, 4) is 6.07 Å². The van der Waals surface area contributed by atoms with Crippen LogP contribution in [-0.2, 0) is 0 Å². The summed E-state index contributed by atoms with van der Waals surface area (Å²) in [5, 5.41) is 9.21. The lowest BCUT2D eigenvalue weighted by Crippen LogP contribution is -2.10. The Labute approximate surface area is 106 Å². The summed E-state index contributed by atoms with van der Waals surface area (Å²) < 4.78 is 4.88. The molecule has 1 atom stereocenters. The number of nitrogens with zero attached hydrogens (tertiary/aromatic N) is 1. The van der Waals surface area contributed by atoms with Crippen molar-refractivity contribution < 1.29 is 9.21 Å². The third kappa shape index (κ3) is 2.18. The van der Waals surface area contributed by atoms with E-state index in [0.717, 1.165) is 16.7 Å². The Morgan fingerprint density at radius 3 is 2.61 bits per heavy atom. The molecule has 1 aromatic heterocycles. The van der Waals surface area contributed by atoms with Crippen LogP contribution >= 0.6 is 0 Å². The Morgan fingerprint density at radius 1 is 1.28 bits per heavy atom. The third-order valence-corrected chi connectivity index (χ3v) is 3.06. The summed E-state index contributed by atoms with van der Waals surface area (Å²) in [7, 11) is 0. The molecular formula is C15H13NO2. The second kappa shape index (κ2) is 4.89. The summed E-state index contributed by atoms with van der Waals surface area (Å²) in [6.45, 7) is 3.97. The number of hydrogen-bond donors (Lipinski definition) is 0. The second-order valence-corrected chi connectivity index (χ2v) is 4.28. The maximum atomic E-state index is 12.2. The number of ketones is 1. The molecule has 2 rings (SSSR count). The second-order valence-electron chi connectivity index (χ2n) is 4.28. The van der Waals surface area contributed by atoms with Crippen LogP contribution in [0.25, 0.3) is 0 Å². The molecule has 90 valence electrons. The van der Waals surface area contributed by atoms with Crippen LogP contribution in [0, 0.1) is 25.2 Å². The Balaban J connectivity index is 2.37. The van der Waals surface area contributed by atoms with E-state index in [1.807, 2.05) is 32.0 Å². The zero-order chi connectivity index (χ0) is 13.1. The van der Waals surface area contributed by atoms with Crippen LogP contribution in [-0.4, -0.2) is 5.78 Å². The van der Waals surface area contributed by atoms with Gasteiger partial charge in [-0.15, -0.1) is 0 Å². The van der Waals surface area contributed by atoms with E-state index in [2.05, 4.69) is 6.07 Å². The molecule has 3 nitrogen and oxygen atoms in total. The van der Waals surface area contributed by atoms with Crippen LogP contribution in [0.3, 0.4) is 0 Å². The quantitative estimate of drug-likeness (QED) is 0.771. The standard InChI is InChI=1S/C15H13NO2/c1-10-3-4-12(7-11(10)2)14(8-16)15(17)13-5-6-18-9-13/h3-7,9,14H,1-2H3. The van der Waals surface area contributed by atoms with Gasteiger partial charge in [0.25, 0.3) is 0 Å². The first-order valence-electron chi connectivity index (χ1n) is 5.66. The first-order valence-corrected chi connectivity index (χ1v) is 5.66. The fraction of sp³-hybridized carbons (Fsp3) is 0.200. The number of nitriles is 1. The molecule has 18 heavy (non-hydrogen) atoms. The van der Waals surface area contributed by atoms with Gasteiger partial charge in [-0.3, -0.25) is 4.79 Å². The van der Waals surface area contributed by atoms with E-state index >= 15 is 0 Å². The van der Waals surface area contributed by atoms with Gasteiger partial charge >= 0.3 is 0 Å². The number of carbonyl (C=O) groups is 1. The summed E-state index contributed by atoms with van der Waals surface area (Å²) in [4.78, 5) is 12.2. The van der Waals surface area contributed by atoms with E-state index in [0.29, 0.717) is 5.56 Å². The Morgan fingerprint density at radius 2 is 2.06 bits per heavy atom. The van der Waals surface area contributed by atoms with Gasteiger partial charge in [-0.25, -0.2) is 0 Å².